The highest BCUT2D eigenvalue weighted by Crippen LogP contribution is 2.49. The fourth-order valence-electron chi connectivity index (χ4n) is 4.28. The topological polar surface area (TPSA) is 41.1 Å². The van der Waals surface area contributed by atoms with Crippen molar-refractivity contribution in [2.24, 2.45) is 17.8 Å². The van der Waals surface area contributed by atoms with Gasteiger partial charge in [0.15, 0.2) is 0 Å². The van der Waals surface area contributed by atoms with Crippen LogP contribution in [0.5, 0.6) is 0 Å². The first-order valence-corrected chi connectivity index (χ1v) is 9.20. The third kappa shape index (κ3) is 3.65. The zero-order valence-corrected chi connectivity index (χ0v) is 14.7. The van der Waals surface area contributed by atoms with Gasteiger partial charge in [-0.1, -0.05) is 40.5 Å². The van der Waals surface area contributed by atoms with Crippen molar-refractivity contribution < 1.29 is 4.79 Å². The number of fused-ring (bicyclic) bond motifs is 2. The Bertz CT molecular complexity index is 534. The van der Waals surface area contributed by atoms with Crippen molar-refractivity contribution in [3.8, 4) is 0 Å². The summed E-state index contributed by atoms with van der Waals surface area (Å²) in [7, 11) is 0. The Morgan fingerprint density at radius 3 is 2.82 bits per heavy atom. The van der Waals surface area contributed by atoms with Gasteiger partial charge >= 0.3 is 6.03 Å². The minimum Gasteiger partial charge on any atom is -0.338 e. The lowest BCUT2D eigenvalue weighted by Crippen LogP contribution is -2.45. The Balaban J connectivity index is 1.40. The molecule has 1 aromatic rings. The van der Waals surface area contributed by atoms with Crippen molar-refractivity contribution >= 4 is 22.0 Å². The minimum absolute atomic E-state index is 0.0256. The first kappa shape index (κ1) is 15.9. The molecule has 4 unspecified atom stereocenters. The fourth-order valence-corrected chi connectivity index (χ4v) is 4.77. The molecule has 2 saturated carbocycles. The van der Waals surface area contributed by atoms with Crippen molar-refractivity contribution in [1.82, 2.24) is 10.6 Å². The van der Waals surface area contributed by atoms with Gasteiger partial charge in [-0.05, 0) is 62.0 Å². The van der Waals surface area contributed by atoms with Gasteiger partial charge in [0.2, 0.25) is 0 Å². The zero-order valence-electron chi connectivity index (χ0n) is 13.1. The molecule has 2 amide bonds. The van der Waals surface area contributed by atoms with Crippen LogP contribution in [-0.4, -0.2) is 18.6 Å². The molecular formula is C18H25BrN2O. The number of amides is 2. The maximum atomic E-state index is 12.1. The molecule has 4 atom stereocenters. The molecule has 0 heterocycles. The van der Waals surface area contributed by atoms with E-state index in [1.807, 2.05) is 18.2 Å². The molecule has 0 saturated heterocycles. The van der Waals surface area contributed by atoms with Crippen molar-refractivity contribution in [2.75, 3.05) is 6.54 Å². The van der Waals surface area contributed by atoms with Gasteiger partial charge in [0.25, 0.3) is 0 Å². The molecule has 1 aromatic carbocycles. The van der Waals surface area contributed by atoms with E-state index in [2.05, 4.69) is 39.6 Å². The molecule has 2 aliphatic carbocycles. The number of urea groups is 1. The minimum atomic E-state index is -0.0256. The monoisotopic (exact) mass is 364 g/mol. The molecule has 22 heavy (non-hydrogen) atoms. The smallest absolute Gasteiger partial charge is 0.315 e. The van der Waals surface area contributed by atoms with Gasteiger partial charge in [-0.2, -0.15) is 0 Å². The molecule has 0 aromatic heterocycles. The third-order valence-electron chi connectivity index (χ3n) is 5.43. The zero-order chi connectivity index (χ0) is 15.5. The van der Waals surface area contributed by atoms with E-state index in [9.17, 15) is 4.79 Å². The van der Waals surface area contributed by atoms with E-state index in [0.717, 1.165) is 22.7 Å². The Morgan fingerprint density at radius 2 is 2.14 bits per heavy atom. The standard InChI is InChI=1S/C18H25BrN2O/c1-12(16-11-13-6-7-15(16)10-13)21-18(22)20-9-8-14-4-2-3-5-17(14)19/h2-5,12-13,15-16H,6-11H2,1H3,(H2,20,21,22). The summed E-state index contributed by atoms with van der Waals surface area (Å²) in [5, 5.41) is 6.13. The number of hydrogen-bond donors (Lipinski definition) is 2. The van der Waals surface area contributed by atoms with Crippen LogP contribution in [0.3, 0.4) is 0 Å². The lowest BCUT2D eigenvalue weighted by atomic mass is 9.84. The van der Waals surface area contributed by atoms with E-state index in [-0.39, 0.29) is 6.03 Å². The number of benzene rings is 1. The highest BCUT2D eigenvalue weighted by Gasteiger charge is 2.42. The maximum Gasteiger partial charge on any atom is 0.315 e. The predicted octanol–water partition coefficient (Wildman–Crippen LogP) is 4.12. The SMILES string of the molecule is CC(NC(=O)NCCc1ccccc1Br)C1CC2CCC1C2. The number of hydrogen-bond acceptors (Lipinski definition) is 1. The number of carbonyl (C=O) groups excluding carboxylic acids is 1. The van der Waals surface area contributed by atoms with Crippen LogP contribution in [0.2, 0.25) is 0 Å². The van der Waals surface area contributed by atoms with Crippen LogP contribution in [0.4, 0.5) is 4.79 Å². The average Bonchev–Trinajstić information content (AvgIpc) is 3.12. The summed E-state index contributed by atoms with van der Waals surface area (Å²) in [6.45, 7) is 2.83. The third-order valence-corrected chi connectivity index (χ3v) is 6.21. The van der Waals surface area contributed by atoms with E-state index in [4.69, 9.17) is 0 Å². The summed E-state index contributed by atoms with van der Waals surface area (Å²) in [5.41, 5.74) is 1.23. The van der Waals surface area contributed by atoms with Gasteiger partial charge in [0.05, 0.1) is 0 Å². The summed E-state index contributed by atoms with van der Waals surface area (Å²) in [4.78, 5) is 12.1. The second kappa shape index (κ2) is 7.03. The second-order valence-corrected chi connectivity index (χ2v) is 7.72. The fraction of sp³-hybridized carbons (Fsp3) is 0.611. The summed E-state index contributed by atoms with van der Waals surface area (Å²) < 4.78 is 1.10. The van der Waals surface area contributed by atoms with E-state index >= 15 is 0 Å². The largest absolute Gasteiger partial charge is 0.338 e. The lowest BCUT2D eigenvalue weighted by Gasteiger charge is -2.28. The molecule has 4 heteroatoms. The van der Waals surface area contributed by atoms with E-state index < -0.39 is 0 Å². The quantitative estimate of drug-likeness (QED) is 0.810. The molecule has 2 N–H and O–H groups in total. The maximum absolute atomic E-state index is 12.1. The predicted molar refractivity (Wildman–Crippen MR) is 92.8 cm³/mol. The molecule has 0 spiro atoms. The van der Waals surface area contributed by atoms with Gasteiger partial charge < -0.3 is 10.6 Å². The van der Waals surface area contributed by atoms with Gasteiger partial charge in [-0.15, -0.1) is 0 Å². The summed E-state index contributed by atoms with van der Waals surface area (Å²) in [6.07, 6.45) is 6.32. The summed E-state index contributed by atoms with van der Waals surface area (Å²) in [5.74, 6) is 2.46. The Hall–Kier alpha value is -1.03. The molecule has 2 fully saturated rings. The average molecular weight is 365 g/mol. The second-order valence-electron chi connectivity index (χ2n) is 6.87. The van der Waals surface area contributed by atoms with E-state index in [1.165, 1.54) is 31.2 Å². The first-order chi connectivity index (χ1) is 10.6. The molecule has 0 aliphatic heterocycles. The summed E-state index contributed by atoms with van der Waals surface area (Å²) >= 11 is 3.54. The van der Waals surface area contributed by atoms with Crippen molar-refractivity contribution in [2.45, 2.75) is 45.1 Å². The number of carbonyl (C=O) groups is 1. The molecule has 2 bridgehead atoms. The van der Waals surface area contributed by atoms with Gasteiger partial charge in [0, 0.05) is 17.1 Å². The molecule has 3 rings (SSSR count). The molecular weight excluding hydrogens is 340 g/mol. The lowest BCUT2D eigenvalue weighted by molar-refractivity contribution is 0.220. The van der Waals surface area contributed by atoms with Crippen molar-refractivity contribution in [3.63, 3.8) is 0 Å². The molecule has 2 aliphatic rings. The highest BCUT2D eigenvalue weighted by atomic mass is 79.9. The van der Waals surface area contributed by atoms with Crippen molar-refractivity contribution in [1.29, 1.82) is 0 Å². The van der Waals surface area contributed by atoms with Crippen LogP contribution in [0.25, 0.3) is 0 Å². The van der Waals surface area contributed by atoms with E-state index in [0.29, 0.717) is 18.5 Å². The van der Waals surface area contributed by atoms with Gasteiger partial charge in [-0.3, -0.25) is 0 Å². The Kier molecular flexibility index (Phi) is 5.07. The Morgan fingerprint density at radius 1 is 1.32 bits per heavy atom. The van der Waals surface area contributed by atoms with Crippen LogP contribution < -0.4 is 10.6 Å². The number of rotatable bonds is 5. The van der Waals surface area contributed by atoms with Gasteiger partial charge in [0.1, 0.15) is 0 Å². The van der Waals surface area contributed by atoms with Crippen LogP contribution in [-0.2, 0) is 6.42 Å². The van der Waals surface area contributed by atoms with Crippen LogP contribution in [0.15, 0.2) is 28.7 Å². The number of nitrogens with one attached hydrogen (secondary N) is 2. The number of halogens is 1. The summed E-state index contributed by atoms with van der Waals surface area (Å²) in [6, 6.07) is 8.41. The highest BCUT2D eigenvalue weighted by molar-refractivity contribution is 9.10. The van der Waals surface area contributed by atoms with Crippen LogP contribution >= 0.6 is 15.9 Å². The van der Waals surface area contributed by atoms with Gasteiger partial charge in [-0.25, -0.2) is 4.79 Å². The molecule has 3 nitrogen and oxygen atoms in total. The normalized spacial score (nSPS) is 27.6. The van der Waals surface area contributed by atoms with Crippen LogP contribution in [0.1, 0.15) is 38.2 Å². The molecule has 0 radical (unpaired) electrons. The first-order valence-electron chi connectivity index (χ1n) is 8.41. The van der Waals surface area contributed by atoms with Crippen LogP contribution in [0, 0.1) is 17.8 Å². The Labute approximate surface area is 141 Å². The van der Waals surface area contributed by atoms with E-state index in [1.54, 1.807) is 0 Å². The van der Waals surface area contributed by atoms with Crippen molar-refractivity contribution in [3.05, 3.63) is 34.3 Å². The molecule has 120 valence electrons.